The zero-order valence-corrected chi connectivity index (χ0v) is 26.3. The van der Waals surface area contributed by atoms with Gasteiger partial charge >= 0.3 is 0 Å². The first-order chi connectivity index (χ1) is 21.5. The van der Waals surface area contributed by atoms with Gasteiger partial charge in [-0.15, -0.1) is 0 Å². The van der Waals surface area contributed by atoms with E-state index < -0.39 is 27.5 Å². The summed E-state index contributed by atoms with van der Waals surface area (Å²) in [5, 5.41) is 1.68. The Morgan fingerprint density at radius 1 is 0.889 bits per heavy atom. The van der Waals surface area contributed by atoms with Crippen LogP contribution in [0.25, 0.3) is 10.8 Å². The first-order valence-electron chi connectivity index (χ1n) is 14.8. The summed E-state index contributed by atoms with van der Waals surface area (Å²) in [6.07, 6.45) is -0.144. The lowest BCUT2D eigenvalue weighted by Crippen LogP contribution is -2.32. The standard InChI is InChI=1S/C34H34N2O8S/c1-5-41-31-24-9-7-8-10-25(24)32(42-6-2)30-26(31)19-36(33(30)38)23-14-11-21(12-15-23)20-45(39,40)35-29(37)18-22-13-16-27-28(17-22)44-34(3,4)43-27/h7-17H,5-6,18-20H2,1-4H3,(H,35,37). The maximum Gasteiger partial charge on any atom is 0.262 e. The van der Waals surface area contributed by atoms with E-state index >= 15 is 0 Å². The van der Waals surface area contributed by atoms with Gasteiger partial charge in [-0.25, -0.2) is 8.42 Å². The Morgan fingerprint density at radius 2 is 1.51 bits per heavy atom. The molecular weight excluding hydrogens is 596 g/mol. The molecule has 0 atom stereocenters. The average Bonchev–Trinajstić information content (AvgIpc) is 3.49. The van der Waals surface area contributed by atoms with Gasteiger partial charge in [0.15, 0.2) is 11.5 Å². The van der Waals surface area contributed by atoms with Crippen molar-refractivity contribution in [3.05, 3.63) is 89.0 Å². The van der Waals surface area contributed by atoms with Gasteiger partial charge in [0.1, 0.15) is 11.5 Å². The molecule has 4 aromatic carbocycles. The summed E-state index contributed by atoms with van der Waals surface area (Å²) in [5.74, 6) is 0.167. The first-order valence-corrected chi connectivity index (χ1v) is 16.4. The molecule has 11 heteroatoms. The van der Waals surface area contributed by atoms with Crippen molar-refractivity contribution in [1.82, 2.24) is 4.72 Å². The molecule has 2 amide bonds. The van der Waals surface area contributed by atoms with E-state index in [0.717, 1.165) is 16.3 Å². The van der Waals surface area contributed by atoms with E-state index in [4.69, 9.17) is 18.9 Å². The molecular formula is C34H34N2O8S. The van der Waals surface area contributed by atoms with Gasteiger partial charge in [-0.05, 0) is 49.2 Å². The highest BCUT2D eigenvalue weighted by atomic mass is 32.2. The van der Waals surface area contributed by atoms with Crippen LogP contribution < -0.4 is 28.6 Å². The molecule has 0 saturated carbocycles. The van der Waals surface area contributed by atoms with Gasteiger partial charge in [-0.3, -0.25) is 14.3 Å². The first kappa shape index (κ1) is 30.3. The van der Waals surface area contributed by atoms with E-state index in [2.05, 4.69) is 4.72 Å². The van der Waals surface area contributed by atoms with Crippen molar-refractivity contribution in [1.29, 1.82) is 0 Å². The summed E-state index contributed by atoms with van der Waals surface area (Å²) in [6.45, 7) is 8.44. The number of nitrogens with zero attached hydrogens (tertiary/aromatic N) is 1. The van der Waals surface area contributed by atoms with E-state index in [1.165, 1.54) is 0 Å². The Hall–Kier alpha value is -4.77. The fraction of sp³-hybridized carbons (Fsp3) is 0.294. The monoisotopic (exact) mass is 630 g/mol. The highest BCUT2D eigenvalue weighted by molar-refractivity contribution is 7.89. The quantitative estimate of drug-likeness (QED) is 0.244. The maximum absolute atomic E-state index is 13.8. The number of nitrogens with one attached hydrogen (secondary N) is 1. The number of amides is 2. The van der Waals surface area contributed by atoms with E-state index in [1.807, 2.05) is 38.1 Å². The van der Waals surface area contributed by atoms with E-state index in [-0.39, 0.29) is 18.9 Å². The number of sulfonamides is 1. The van der Waals surface area contributed by atoms with Crippen LogP contribution in [0, 0.1) is 0 Å². The van der Waals surface area contributed by atoms with Crippen LogP contribution in [0.4, 0.5) is 5.69 Å². The van der Waals surface area contributed by atoms with Crippen molar-refractivity contribution in [2.45, 2.75) is 52.2 Å². The largest absolute Gasteiger partial charge is 0.493 e. The highest BCUT2D eigenvalue weighted by Crippen LogP contribution is 2.46. The lowest BCUT2D eigenvalue weighted by atomic mass is 9.99. The number of fused-ring (bicyclic) bond motifs is 3. The molecule has 0 saturated heterocycles. The van der Waals surface area contributed by atoms with Gasteiger partial charge in [0.25, 0.3) is 5.91 Å². The van der Waals surface area contributed by atoms with E-state index in [9.17, 15) is 18.0 Å². The van der Waals surface area contributed by atoms with Crippen LogP contribution in [0.3, 0.4) is 0 Å². The minimum Gasteiger partial charge on any atom is -0.493 e. The Labute approximate surface area is 261 Å². The van der Waals surface area contributed by atoms with Crippen LogP contribution in [0.15, 0.2) is 66.7 Å². The number of rotatable bonds is 10. The molecule has 2 aliphatic rings. The molecule has 0 aliphatic carbocycles. The topological polar surface area (TPSA) is 120 Å². The van der Waals surface area contributed by atoms with Crippen molar-refractivity contribution in [3.63, 3.8) is 0 Å². The van der Waals surface area contributed by atoms with Crippen LogP contribution in [0.5, 0.6) is 23.0 Å². The summed E-state index contributed by atoms with van der Waals surface area (Å²) in [6, 6.07) is 19.4. The second kappa shape index (κ2) is 11.6. The zero-order valence-electron chi connectivity index (χ0n) is 25.5. The molecule has 234 valence electrons. The van der Waals surface area contributed by atoms with Crippen LogP contribution in [0.2, 0.25) is 0 Å². The van der Waals surface area contributed by atoms with Gasteiger partial charge in [-0.2, -0.15) is 0 Å². The van der Waals surface area contributed by atoms with Crippen molar-refractivity contribution < 1.29 is 37.0 Å². The molecule has 0 unspecified atom stereocenters. The summed E-state index contributed by atoms with van der Waals surface area (Å²) in [7, 11) is -3.99. The fourth-order valence-electron chi connectivity index (χ4n) is 5.78. The lowest BCUT2D eigenvalue weighted by Gasteiger charge is -2.16. The third-order valence-corrected chi connectivity index (χ3v) is 8.78. The normalized spacial score (nSPS) is 14.8. The second-order valence-corrected chi connectivity index (χ2v) is 13.0. The Bertz CT molecular complexity index is 1920. The van der Waals surface area contributed by atoms with Gasteiger partial charge in [0.05, 0.1) is 37.5 Å². The zero-order chi connectivity index (χ0) is 31.9. The van der Waals surface area contributed by atoms with Crippen LogP contribution in [-0.2, 0) is 33.5 Å². The van der Waals surface area contributed by atoms with Crippen molar-refractivity contribution in [2.24, 2.45) is 0 Å². The number of anilines is 1. The molecule has 0 radical (unpaired) electrons. The van der Waals surface area contributed by atoms with Gasteiger partial charge < -0.3 is 23.8 Å². The molecule has 0 bridgehead atoms. The Balaban J connectivity index is 1.16. The molecule has 0 aromatic heterocycles. The molecule has 10 nitrogen and oxygen atoms in total. The number of carbonyl (C=O) groups excluding carboxylic acids is 2. The van der Waals surface area contributed by atoms with Crippen molar-refractivity contribution in [2.75, 3.05) is 18.1 Å². The average molecular weight is 631 g/mol. The number of hydrogen-bond donors (Lipinski definition) is 1. The van der Waals surface area contributed by atoms with Crippen LogP contribution in [-0.4, -0.2) is 39.2 Å². The predicted molar refractivity (Wildman–Crippen MR) is 169 cm³/mol. The van der Waals surface area contributed by atoms with E-state index in [0.29, 0.717) is 58.6 Å². The second-order valence-electron chi connectivity index (χ2n) is 11.3. The summed E-state index contributed by atoms with van der Waals surface area (Å²) < 4.78 is 51.3. The fourth-order valence-corrected chi connectivity index (χ4v) is 6.90. The highest BCUT2D eigenvalue weighted by Gasteiger charge is 2.37. The number of carbonyl (C=O) groups is 2. The van der Waals surface area contributed by atoms with Crippen LogP contribution in [0.1, 0.15) is 54.7 Å². The third-order valence-electron chi connectivity index (χ3n) is 7.53. The number of benzene rings is 4. The summed E-state index contributed by atoms with van der Waals surface area (Å²) in [5.41, 5.74) is 2.88. The predicted octanol–water partition coefficient (Wildman–Crippen LogP) is 5.49. The summed E-state index contributed by atoms with van der Waals surface area (Å²) >= 11 is 0. The Morgan fingerprint density at radius 3 is 2.20 bits per heavy atom. The SMILES string of the molecule is CCOc1c2c(c(OCC)c3ccccc13)C(=O)N(c1ccc(CS(=O)(=O)NC(=O)Cc3ccc4c(c3)OC(C)(C)O4)cc1)C2. The Kier molecular flexibility index (Phi) is 7.82. The maximum atomic E-state index is 13.8. The molecule has 0 spiro atoms. The third kappa shape index (κ3) is 6.00. The molecule has 1 N–H and O–H groups in total. The number of hydrogen-bond acceptors (Lipinski definition) is 8. The molecule has 4 aromatic rings. The van der Waals surface area contributed by atoms with Gasteiger partial charge in [0.2, 0.25) is 21.7 Å². The van der Waals surface area contributed by atoms with Gasteiger partial charge in [-0.1, -0.05) is 42.5 Å². The van der Waals surface area contributed by atoms with Crippen molar-refractivity contribution in [3.8, 4) is 23.0 Å². The molecule has 6 rings (SSSR count). The lowest BCUT2D eigenvalue weighted by molar-refractivity contribution is -0.118. The van der Waals surface area contributed by atoms with Crippen LogP contribution >= 0.6 is 0 Å². The molecule has 2 heterocycles. The molecule has 0 fully saturated rings. The van der Waals surface area contributed by atoms with Crippen molar-refractivity contribution >= 4 is 38.3 Å². The smallest absolute Gasteiger partial charge is 0.262 e. The molecule has 45 heavy (non-hydrogen) atoms. The van der Waals surface area contributed by atoms with Gasteiger partial charge in [0, 0.05) is 35.9 Å². The summed E-state index contributed by atoms with van der Waals surface area (Å²) in [4.78, 5) is 28.1. The minimum absolute atomic E-state index is 0.144. The molecule has 2 aliphatic heterocycles. The van der Waals surface area contributed by atoms with E-state index in [1.54, 1.807) is 61.2 Å². The minimum atomic E-state index is -3.99. The number of ether oxygens (including phenoxy) is 4.